The maximum absolute atomic E-state index is 12.0. The number of rotatable bonds is 4. The van der Waals surface area contributed by atoms with Crippen LogP contribution in [0.15, 0.2) is 29.7 Å². The summed E-state index contributed by atoms with van der Waals surface area (Å²) in [7, 11) is -3.79. The van der Waals surface area contributed by atoms with Crippen molar-refractivity contribution in [1.82, 2.24) is 4.72 Å². The third kappa shape index (κ3) is 3.35. The van der Waals surface area contributed by atoms with E-state index in [0.717, 1.165) is 0 Å². The number of hydrogen-bond donors (Lipinski definition) is 2. The maximum Gasteiger partial charge on any atom is 0.244 e. The van der Waals surface area contributed by atoms with Crippen molar-refractivity contribution in [1.29, 1.82) is 0 Å². The van der Waals surface area contributed by atoms with Crippen molar-refractivity contribution in [2.45, 2.75) is 17.9 Å². The Morgan fingerprint density at radius 2 is 2.06 bits per heavy atom. The summed E-state index contributed by atoms with van der Waals surface area (Å²) in [5, 5.41) is 0.266. The van der Waals surface area contributed by atoms with Gasteiger partial charge in [0.05, 0.1) is 10.7 Å². The van der Waals surface area contributed by atoms with E-state index in [4.69, 9.17) is 28.9 Å². The molecule has 0 fully saturated rings. The third-order valence-electron chi connectivity index (χ3n) is 2.00. The Morgan fingerprint density at radius 1 is 1.47 bits per heavy atom. The molecule has 1 rings (SSSR count). The summed E-state index contributed by atoms with van der Waals surface area (Å²) in [6, 6.07) is 2.24. The highest BCUT2D eigenvalue weighted by molar-refractivity contribution is 7.89. The number of nitrogen functional groups attached to an aromatic ring is 1. The van der Waals surface area contributed by atoms with Gasteiger partial charge in [-0.15, -0.1) is 6.58 Å². The topological polar surface area (TPSA) is 72.2 Å². The molecule has 1 aromatic rings. The minimum absolute atomic E-state index is 0.00580. The Kier molecular flexibility index (Phi) is 4.43. The highest BCUT2D eigenvalue weighted by atomic mass is 35.5. The van der Waals surface area contributed by atoms with E-state index in [1.807, 2.05) is 0 Å². The third-order valence-corrected chi connectivity index (χ3v) is 4.30. The van der Waals surface area contributed by atoms with E-state index in [9.17, 15) is 8.42 Å². The van der Waals surface area contributed by atoms with Gasteiger partial charge in [0.15, 0.2) is 0 Å². The molecule has 0 bridgehead atoms. The number of benzene rings is 1. The van der Waals surface area contributed by atoms with E-state index in [1.54, 1.807) is 6.92 Å². The molecule has 0 saturated carbocycles. The van der Waals surface area contributed by atoms with Crippen LogP contribution in [0.25, 0.3) is 0 Å². The number of nitrogens with one attached hydrogen (secondary N) is 1. The second-order valence-electron chi connectivity index (χ2n) is 3.45. The van der Waals surface area contributed by atoms with E-state index >= 15 is 0 Å². The highest BCUT2D eigenvalue weighted by Gasteiger charge is 2.22. The average Bonchev–Trinajstić information content (AvgIpc) is 2.14. The van der Waals surface area contributed by atoms with Gasteiger partial charge in [0, 0.05) is 11.1 Å². The molecule has 94 valence electrons. The van der Waals surface area contributed by atoms with E-state index in [2.05, 4.69) is 11.3 Å². The van der Waals surface area contributed by atoms with E-state index < -0.39 is 16.1 Å². The van der Waals surface area contributed by atoms with Crippen molar-refractivity contribution >= 4 is 38.9 Å². The van der Waals surface area contributed by atoms with E-state index in [-0.39, 0.29) is 20.6 Å². The summed E-state index contributed by atoms with van der Waals surface area (Å²) in [6.07, 6.45) is 1.46. The van der Waals surface area contributed by atoms with Crippen molar-refractivity contribution in [2.75, 3.05) is 5.73 Å². The molecule has 0 aliphatic heterocycles. The summed E-state index contributed by atoms with van der Waals surface area (Å²) in [5.41, 5.74) is 5.62. The summed E-state index contributed by atoms with van der Waals surface area (Å²) in [6.45, 7) is 5.13. The molecule has 0 spiro atoms. The predicted octanol–water partition coefficient (Wildman–Crippen LogP) is 2.43. The van der Waals surface area contributed by atoms with Gasteiger partial charge in [0.1, 0.15) is 4.90 Å². The van der Waals surface area contributed by atoms with E-state index in [1.165, 1.54) is 18.2 Å². The fourth-order valence-electron chi connectivity index (χ4n) is 1.22. The lowest BCUT2D eigenvalue weighted by Gasteiger charge is -2.13. The van der Waals surface area contributed by atoms with Crippen molar-refractivity contribution in [3.05, 3.63) is 34.8 Å². The zero-order valence-electron chi connectivity index (χ0n) is 9.07. The molecular weight excluding hydrogens is 283 g/mol. The molecule has 17 heavy (non-hydrogen) atoms. The van der Waals surface area contributed by atoms with Crippen LogP contribution in [0.2, 0.25) is 10.0 Å². The van der Waals surface area contributed by atoms with Crippen molar-refractivity contribution in [3.8, 4) is 0 Å². The van der Waals surface area contributed by atoms with Gasteiger partial charge in [-0.2, -0.15) is 0 Å². The molecule has 7 heteroatoms. The van der Waals surface area contributed by atoms with Crippen molar-refractivity contribution in [2.24, 2.45) is 0 Å². The van der Waals surface area contributed by atoms with Gasteiger partial charge in [-0.25, -0.2) is 13.1 Å². The number of anilines is 1. The Labute approximate surface area is 110 Å². The highest BCUT2D eigenvalue weighted by Crippen LogP contribution is 2.31. The van der Waals surface area contributed by atoms with Crippen LogP contribution in [-0.4, -0.2) is 14.5 Å². The van der Waals surface area contributed by atoms with Crippen molar-refractivity contribution < 1.29 is 8.42 Å². The van der Waals surface area contributed by atoms with Gasteiger partial charge >= 0.3 is 0 Å². The van der Waals surface area contributed by atoms with Crippen LogP contribution in [-0.2, 0) is 10.0 Å². The first-order chi connectivity index (χ1) is 7.77. The maximum atomic E-state index is 12.0. The molecule has 0 aliphatic rings. The molecule has 0 radical (unpaired) electrons. The summed E-state index contributed by atoms with van der Waals surface area (Å²) < 4.78 is 26.3. The molecule has 3 N–H and O–H groups in total. The molecule has 0 saturated heterocycles. The Hall–Kier alpha value is -0.750. The molecule has 1 atom stereocenters. The van der Waals surface area contributed by atoms with E-state index in [0.29, 0.717) is 0 Å². The Morgan fingerprint density at radius 3 is 2.53 bits per heavy atom. The average molecular weight is 295 g/mol. The minimum atomic E-state index is -3.79. The summed E-state index contributed by atoms with van der Waals surface area (Å²) in [4.78, 5) is -0.169. The predicted molar refractivity (Wildman–Crippen MR) is 70.9 cm³/mol. The van der Waals surface area contributed by atoms with Crippen LogP contribution in [0.5, 0.6) is 0 Å². The smallest absolute Gasteiger partial charge is 0.244 e. The molecule has 4 nitrogen and oxygen atoms in total. The summed E-state index contributed by atoms with van der Waals surface area (Å²) in [5.74, 6) is 0. The van der Waals surface area contributed by atoms with Gasteiger partial charge < -0.3 is 5.73 Å². The Balaban J connectivity index is 3.29. The lowest BCUT2D eigenvalue weighted by Crippen LogP contribution is -2.31. The second kappa shape index (κ2) is 5.27. The molecular formula is C10H12Cl2N2O2S. The van der Waals surface area contributed by atoms with Crippen LogP contribution in [0.1, 0.15) is 6.92 Å². The molecule has 0 amide bonds. The molecule has 0 heterocycles. The zero-order valence-corrected chi connectivity index (χ0v) is 11.4. The fourth-order valence-corrected chi connectivity index (χ4v) is 3.42. The quantitative estimate of drug-likeness (QED) is 0.662. The standard InChI is InChI=1S/C10H12Cl2N2O2S/c1-3-6(2)14-17(15,16)10-8(12)4-7(11)5-9(10)13/h3-6,14H,1,13H2,2H3. The van der Waals surface area contributed by atoms with Crippen molar-refractivity contribution in [3.63, 3.8) is 0 Å². The molecule has 0 aromatic heterocycles. The monoisotopic (exact) mass is 294 g/mol. The first-order valence-corrected chi connectivity index (χ1v) is 6.91. The number of sulfonamides is 1. The van der Waals surface area contributed by atoms with Gasteiger partial charge in [0.2, 0.25) is 10.0 Å². The number of hydrogen-bond acceptors (Lipinski definition) is 3. The molecule has 0 aliphatic carbocycles. The van der Waals surface area contributed by atoms with Gasteiger partial charge in [-0.05, 0) is 19.1 Å². The lowest BCUT2D eigenvalue weighted by atomic mass is 10.3. The fraction of sp³-hybridized carbons (Fsp3) is 0.200. The molecule has 1 unspecified atom stereocenters. The van der Waals surface area contributed by atoms with Crippen LogP contribution < -0.4 is 10.5 Å². The summed E-state index contributed by atoms with van der Waals surface area (Å²) >= 11 is 11.5. The van der Waals surface area contributed by atoms with Crippen LogP contribution in [0.3, 0.4) is 0 Å². The number of halogens is 2. The van der Waals surface area contributed by atoms with Gasteiger partial charge in [-0.3, -0.25) is 0 Å². The second-order valence-corrected chi connectivity index (χ2v) is 5.95. The first kappa shape index (κ1) is 14.3. The van der Waals surface area contributed by atoms with Gasteiger partial charge in [0.25, 0.3) is 0 Å². The van der Waals surface area contributed by atoms with Gasteiger partial charge in [-0.1, -0.05) is 29.3 Å². The Bertz CT molecular complexity index is 520. The SMILES string of the molecule is C=CC(C)NS(=O)(=O)c1c(N)cc(Cl)cc1Cl. The number of nitrogens with two attached hydrogens (primary N) is 1. The normalized spacial score (nSPS) is 13.4. The molecule has 1 aromatic carbocycles. The largest absolute Gasteiger partial charge is 0.398 e. The minimum Gasteiger partial charge on any atom is -0.398 e. The van der Waals surface area contributed by atoms with Crippen LogP contribution in [0.4, 0.5) is 5.69 Å². The zero-order chi connectivity index (χ0) is 13.2. The first-order valence-electron chi connectivity index (χ1n) is 4.67. The van der Waals surface area contributed by atoms with Crippen LogP contribution >= 0.6 is 23.2 Å². The lowest BCUT2D eigenvalue weighted by molar-refractivity contribution is 0.576. The van der Waals surface area contributed by atoms with Crippen LogP contribution in [0, 0.1) is 0 Å².